The molecule has 222 valence electrons. The first-order valence-corrected chi connectivity index (χ1v) is 14.8. The number of nitriles is 1. The smallest absolute Gasteiger partial charge is 0.322 e. The second-order valence-electron chi connectivity index (χ2n) is 10.4. The van der Waals surface area contributed by atoms with Crippen LogP contribution < -0.4 is 15.8 Å². The van der Waals surface area contributed by atoms with Crippen molar-refractivity contribution in [2.24, 2.45) is 7.05 Å². The molecule has 0 aliphatic rings. The number of ether oxygens (including phenoxy) is 1. The Bertz CT molecular complexity index is 2160. The highest BCUT2D eigenvalue weighted by atomic mass is 32.1. The highest BCUT2D eigenvalue weighted by Crippen LogP contribution is 2.50. The summed E-state index contributed by atoms with van der Waals surface area (Å²) in [5.41, 5.74) is 14.1. The molecule has 0 atom stereocenters. The Hall–Kier alpha value is -5.86. The van der Waals surface area contributed by atoms with E-state index >= 15 is 0 Å². The minimum atomic E-state index is -0.232. The lowest BCUT2D eigenvalue weighted by atomic mass is 9.94. The number of hydrogen-bond donors (Lipinski definition) is 2. The molecule has 0 aliphatic heterocycles. The summed E-state index contributed by atoms with van der Waals surface area (Å²) < 4.78 is 8.61. The first-order chi connectivity index (χ1) is 21.7. The largest absolute Gasteiger partial charge is 0.423 e. The number of rotatable bonds is 8. The highest BCUT2D eigenvalue weighted by Gasteiger charge is 2.24. The van der Waals surface area contributed by atoms with E-state index in [1.165, 1.54) is 6.08 Å². The first-order valence-electron chi connectivity index (χ1n) is 14.0. The number of aromatic nitrogens is 5. The van der Waals surface area contributed by atoms with Gasteiger partial charge in [-0.25, -0.2) is 15.0 Å². The summed E-state index contributed by atoms with van der Waals surface area (Å²) >= 11 is 1.61. The summed E-state index contributed by atoms with van der Waals surface area (Å²) in [5.74, 6) is 0.491. The number of aryl methyl sites for hydroxylation is 3. The van der Waals surface area contributed by atoms with Crippen LogP contribution in [0.1, 0.15) is 22.4 Å². The van der Waals surface area contributed by atoms with Crippen molar-refractivity contribution in [1.29, 1.82) is 5.26 Å². The Morgan fingerprint density at radius 3 is 2.69 bits per heavy atom. The van der Waals surface area contributed by atoms with Crippen LogP contribution in [-0.4, -0.2) is 30.6 Å². The second-order valence-corrected chi connectivity index (χ2v) is 11.5. The van der Waals surface area contributed by atoms with Gasteiger partial charge in [-0.2, -0.15) is 10.4 Å². The number of fused-ring (bicyclic) bond motifs is 1. The number of thiophene rings is 1. The molecule has 0 spiro atoms. The third-order valence-electron chi connectivity index (χ3n) is 7.31. The molecule has 1 amide bonds. The van der Waals surface area contributed by atoms with E-state index in [1.807, 2.05) is 45.3 Å². The van der Waals surface area contributed by atoms with Gasteiger partial charge < -0.3 is 15.8 Å². The summed E-state index contributed by atoms with van der Waals surface area (Å²) in [7, 11) is 1.87. The third kappa shape index (κ3) is 5.74. The van der Waals surface area contributed by atoms with Gasteiger partial charge in [0.2, 0.25) is 5.91 Å². The van der Waals surface area contributed by atoms with Gasteiger partial charge in [0.05, 0.1) is 11.8 Å². The SMILES string of the molecule is C=CC(=O)NCc1ccc(-c2sc3c(-c4cnn(C)c4)cnc(N)c3c2-c2ccc(Oc3nccc(C)n3)c(C#N)c2)c(C)c1. The van der Waals surface area contributed by atoms with Crippen LogP contribution in [0.15, 0.2) is 79.9 Å². The van der Waals surface area contributed by atoms with E-state index in [-0.39, 0.29) is 11.9 Å². The molecule has 4 aromatic heterocycles. The molecule has 0 aliphatic carbocycles. The summed E-state index contributed by atoms with van der Waals surface area (Å²) in [6, 6.07) is 15.7. The summed E-state index contributed by atoms with van der Waals surface area (Å²) in [6.45, 7) is 7.77. The summed E-state index contributed by atoms with van der Waals surface area (Å²) in [4.78, 5) is 25.8. The molecule has 4 heterocycles. The monoisotopic (exact) mass is 612 g/mol. The van der Waals surface area contributed by atoms with E-state index < -0.39 is 0 Å². The Labute approximate surface area is 263 Å². The molecule has 11 heteroatoms. The zero-order valence-electron chi connectivity index (χ0n) is 24.8. The third-order valence-corrected chi connectivity index (χ3v) is 8.56. The number of carbonyl (C=O) groups excluding carboxylic acids is 1. The van der Waals surface area contributed by atoms with E-state index in [9.17, 15) is 10.1 Å². The minimum absolute atomic E-state index is 0.162. The Kier molecular flexibility index (Phi) is 7.81. The quantitative estimate of drug-likeness (QED) is 0.186. The van der Waals surface area contributed by atoms with Gasteiger partial charge >= 0.3 is 6.01 Å². The number of benzene rings is 2. The van der Waals surface area contributed by atoms with Crippen molar-refractivity contribution < 1.29 is 9.53 Å². The Morgan fingerprint density at radius 2 is 1.98 bits per heavy atom. The molecular formula is C34H28N8O2S. The summed E-state index contributed by atoms with van der Waals surface area (Å²) in [5, 5.41) is 18.1. The fourth-order valence-electron chi connectivity index (χ4n) is 5.14. The molecule has 2 aromatic carbocycles. The molecule has 0 saturated carbocycles. The maximum absolute atomic E-state index is 11.7. The van der Waals surface area contributed by atoms with Crippen molar-refractivity contribution in [3.8, 4) is 50.5 Å². The number of anilines is 1. The topological polar surface area (TPSA) is 145 Å². The van der Waals surface area contributed by atoms with Crippen molar-refractivity contribution in [2.75, 3.05) is 5.73 Å². The molecular weight excluding hydrogens is 584 g/mol. The van der Waals surface area contributed by atoms with E-state index in [0.29, 0.717) is 23.7 Å². The first kappa shape index (κ1) is 29.2. The number of hydrogen-bond acceptors (Lipinski definition) is 9. The zero-order chi connectivity index (χ0) is 31.7. The standard InChI is InChI=1S/C34H28N8O2S/c1-5-28(43)38-15-21-6-8-25(19(2)12-21)31-29(30-32(45-31)26(17-39-33(30)36)24-16-40-42(4)18-24)22-7-9-27(23(13-22)14-35)44-34-37-11-10-20(3)41-34/h5-13,16-18H,1,15H2,2-4H3,(H2,36,39)(H,38,43). The van der Waals surface area contributed by atoms with Crippen molar-refractivity contribution in [2.45, 2.75) is 20.4 Å². The molecule has 10 nitrogen and oxygen atoms in total. The number of nitrogens with zero attached hydrogens (tertiary/aromatic N) is 6. The maximum atomic E-state index is 11.7. The number of nitrogens with two attached hydrogens (primary N) is 1. The number of nitrogens with one attached hydrogen (secondary N) is 1. The van der Waals surface area contributed by atoms with Crippen molar-refractivity contribution in [3.63, 3.8) is 0 Å². The normalized spacial score (nSPS) is 10.9. The van der Waals surface area contributed by atoms with Crippen LogP contribution in [0.3, 0.4) is 0 Å². The lowest BCUT2D eigenvalue weighted by Crippen LogP contribution is -2.19. The predicted molar refractivity (Wildman–Crippen MR) is 175 cm³/mol. The molecule has 0 unspecified atom stereocenters. The van der Waals surface area contributed by atoms with Crippen LogP contribution in [0, 0.1) is 25.2 Å². The highest BCUT2D eigenvalue weighted by molar-refractivity contribution is 7.23. The maximum Gasteiger partial charge on any atom is 0.322 e. The van der Waals surface area contributed by atoms with Gasteiger partial charge in [0.15, 0.2) is 0 Å². The Balaban J connectivity index is 1.54. The van der Waals surface area contributed by atoms with Crippen LogP contribution in [0.4, 0.5) is 5.82 Å². The zero-order valence-corrected chi connectivity index (χ0v) is 25.6. The van der Waals surface area contributed by atoms with Gasteiger partial charge in [0.25, 0.3) is 0 Å². The van der Waals surface area contributed by atoms with E-state index in [2.05, 4.69) is 44.1 Å². The van der Waals surface area contributed by atoms with Gasteiger partial charge in [-0.1, -0.05) is 30.8 Å². The molecule has 6 aromatic rings. The van der Waals surface area contributed by atoms with Gasteiger partial charge in [-0.15, -0.1) is 11.3 Å². The predicted octanol–water partition coefficient (Wildman–Crippen LogP) is 6.49. The van der Waals surface area contributed by atoms with Crippen LogP contribution in [0.2, 0.25) is 0 Å². The minimum Gasteiger partial charge on any atom is -0.423 e. The van der Waals surface area contributed by atoms with Crippen LogP contribution in [-0.2, 0) is 18.4 Å². The number of nitrogen functional groups attached to an aromatic ring is 1. The van der Waals surface area contributed by atoms with Gasteiger partial charge in [-0.05, 0) is 60.4 Å². The van der Waals surface area contributed by atoms with Crippen molar-refractivity contribution >= 4 is 33.1 Å². The van der Waals surface area contributed by atoms with Crippen LogP contribution >= 0.6 is 11.3 Å². The molecule has 0 radical (unpaired) electrons. The van der Waals surface area contributed by atoms with Gasteiger partial charge in [0.1, 0.15) is 17.6 Å². The average molecular weight is 613 g/mol. The molecule has 3 N–H and O–H groups in total. The molecule has 0 saturated heterocycles. The number of pyridine rings is 1. The van der Waals surface area contributed by atoms with Crippen molar-refractivity contribution in [3.05, 3.63) is 102 Å². The van der Waals surface area contributed by atoms with E-state index in [0.717, 1.165) is 59.6 Å². The lowest BCUT2D eigenvalue weighted by molar-refractivity contribution is -0.116. The molecule has 6 rings (SSSR count). The van der Waals surface area contributed by atoms with Crippen molar-refractivity contribution in [1.82, 2.24) is 30.0 Å². The number of amides is 1. The number of carbonyl (C=O) groups is 1. The van der Waals surface area contributed by atoms with E-state index in [1.54, 1.807) is 52.8 Å². The molecule has 0 bridgehead atoms. The Morgan fingerprint density at radius 1 is 1.13 bits per heavy atom. The van der Waals surface area contributed by atoms with Gasteiger partial charge in [0, 0.05) is 69.5 Å². The van der Waals surface area contributed by atoms with Gasteiger partial charge in [-0.3, -0.25) is 9.48 Å². The fraction of sp³-hybridized carbons (Fsp3) is 0.118. The fourth-order valence-corrected chi connectivity index (χ4v) is 6.59. The lowest BCUT2D eigenvalue weighted by Gasteiger charge is -2.13. The summed E-state index contributed by atoms with van der Waals surface area (Å²) in [6.07, 6.45) is 8.38. The van der Waals surface area contributed by atoms with Crippen LogP contribution in [0.5, 0.6) is 11.8 Å². The second kappa shape index (κ2) is 12.0. The molecule has 45 heavy (non-hydrogen) atoms. The van der Waals surface area contributed by atoms with E-state index in [4.69, 9.17) is 10.5 Å². The molecule has 0 fully saturated rings. The van der Waals surface area contributed by atoms with Crippen LogP contribution in [0.25, 0.3) is 42.8 Å². The average Bonchev–Trinajstić information content (AvgIpc) is 3.65.